The Labute approximate surface area is 151 Å². The topological polar surface area (TPSA) is 131 Å². The molecule has 0 saturated carbocycles. The van der Waals surface area contributed by atoms with Gasteiger partial charge in [-0.05, 0) is 24.5 Å². The summed E-state index contributed by atoms with van der Waals surface area (Å²) in [4.78, 5) is 34.1. The molecule has 0 unspecified atom stereocenters. The van der Waals surface area contributed by atoms with E-state index in [2.05, 4.69) is 15.0 Å². The SMILES string of the molecule is NC(=O)[C@@H](CCC(=O)[C@@H](N)Cc1c[nH]c2ccccc12)Cc1cnc[nH]1. The van der Waals surface area contributed by atoms with Crippen LogP contribution >= 0.6 is 0 Å². The van der Waals surface area contributed by atoms with E-state index < -0.39 is 17.9 Å². The quantitative estimate of drug-likeness (QED) is 0.464. The van der Waals surface area contributed by atoms with Gasteiger partial charge < -0.3 is 21.4 Å². The highest BCUT2D eigenvalue weighted by atomic mass is 16.1. The minimum absolute atomic E-state index is 0.0638. The third kappa shape index (κ3) is 4.18. The highest BCUT2D eigenvalue weighted by molar-refractivity contribution is 5.87. The van der Waals surface area contributed by atoms with E-state index in [0.29, 0.717) is 19.3 Å². The number of ketones is 1. The van der Waals surface area contributed by atoms with Crippen molar-refractivity contribution in [1.29, 1.82) is 0 Å². The Morgan fingerprint density at radius 2 is 1.96 bits per heavy atom. The van der Waals surface area contributed by atoms with Crippen LogP contribution in [0.4, 0.5) is 0 Å². The summed E-state index contributed by atoms with van der Waals surface area (Å²) in [7, 11) is 0. The van der Waals surface area contributed by atoms with Crippen molar-refractivity contribution in [2.24, 2.45) is 17.4 Å². The number of nitrogens with zero attached hydrogens (tertiary/aromatic N) is 1. The van der Waals surface area contributed by atoms with E-state index >= 15 is 0 Å². The molecule has 0 bridgehead atoms. The molecule has 1 aromatic carbocycles. The number of rotatable bonds is 9. The third-order valence-electron chi connectivity index (χ3n) is 4.69. The summed E-state index contributed by atoms with van der Waals surface area (Å²) < 4.78 is 0. The molecule has 6 N–H and O–H groups in total. The second-order valence-electron chi connectivity index (χ2n) is 6.56. The second kappa shape index (κ2) is 7.97. The first-order chi connectivity index (χ1) is 12.5. The fraction of sp³-hybridized carbons (Fsp3) is 0.316. The molecule has 0 radical (unpaired) electrons. The number of amides is 1. The number of hydrogen-bond donors (Lipinski definition) is 4. The van der Waals surface area contributed by atoms with E-state index in [1.54, 1.807) is 12.5 Å². The average Bonchev–Trinajstić information content (AvgIpc) is 3.28. The van der Waals surface area contributed by atoms with Crippen LogP contribution < -0.4 is 11.5 Å². The maximum atomic E-state index is 12.4. The van der Waals surface area contributed by atoms with Gasteiger partial charge in [0, 0.05) is 47.8 Å². The molecule has 7 heteroatoms. The smallest absolute Gasteiger partial charge is 0.220 e. The fourth-order valence-corrected chi connectivity index (χ4v) is 3.16. The van der Waals surface area contributed by atoms with E-state index in [1.807, 2.05) is 30.5 Å². The largest absolute Gasteiger partial charge is 0.369 e. The van der Waals surface area contributed by atoms with Crippen molar-refractivity contribution < 1.29 is 9.59 Å². The molecule has 7 nitrogen and oxygen atoms in total. The van der Waals surface area contributed by atoms with E-state index in [-0.39, 0.29) is 12.2 Å². The number of carbonyl (C=O) groups is 2. The standard InChI is InChI=1S/C19H23N5O2/c20-16(8-13-9-23-17-4-2-1-3-15(13)17)18(25)6-5-12(19(21)26)7-14-10-22-11-24-14/h1-4,9-12,16,23H,5-8,20H2,(H2,21,26)(H,22,24)/t12-,16-/m0/s1. The third-order valence-corrected chi connectivity index (χ3v) is 4.69. The normalized spacial score (nSPS) is 13.6. The predicted octanol–water partition coefficient (Wildman–Crippen LogP) is 1.45. The van der Waals surface area contributed by atoms with Crippen molar-refractivity contribution in [3.63, 3.8) is 0 Å². The first-order valence-electron chi connectivity index (χ1n) is 8.64. The minimum atomic E-state index is -0.602. The number of nitrogens with one attached hydrogen (secondary N) is 2. The molecule has 0 fully saturated rings. The van der Waals surface area contributed by atoms with Crippen molar-refractivity contribution in [3.05, 3.63) is 54.2 Å². The van der Waals surface area contributed by atoms with Gasteiger partial charge in [0.15, 0.2) is 0 Å². The molecule has 0 aliphatic rings. The van der Waals surface area contributed by atoms with Crippen molar-refractivity contribution >= 4 is 22.6 Å². The molecule has 2 atom stereocenters. The van der Waals surface area contributed by atoms with Crippen molar-refractivity contribution in [1.82, 2.24) is 15.0 Å². The molecule has 2 aromatic heterocycles. The fourth-order valence-electron chi connectivity index (χ4n) is 3.16. The van der Waals surface area contributed by atoms with Crippen LogP contribution in [-0.4, -0.2) is 32.7 Å². The Morgan fingerprint density at radius 1 is 1.15 bits per heavy atom. The number of H-pyrrole nitrogens is 2. The van der Waals surface area contributed by atoms with E-state index in [9.17, 15) is 9.59 Å². The molecule has 0 saturated heterocycles. The molecule has 2 heterocycles. The highest BCUT2D eigenvalue weighted by Crippen LogP contribution is 2.20. The molecule has 136 valence electrons. The summed E-state index contributed by atoms with van der Waals surface area (Å²) in [5.74, 6) is -0.900. The molecule has 0 aliphatic carbocycles. The minimum Gasteiger partial charge on any atom is -0.369 e. The summed E-state index contributed by atoms with van der Waals surface area (Å²) in [6.07, 6.45) is 6.61. The number of nitrogens with two attached hydrogens (primary N) is 2. The first kappa shape index (κ1) is 17.9. The number of aromatic amines is 2. The van der Waals surface area contributed by atoms with Crippen LogP contribution in [0.1, 0.15) is 24.1 Å². The summed E-state index contributed by atoms with van der Waals surface area (Å²) in [6.45, 7) is 0. The maximum absolute atomic E-state index is 12.4. The lowest BCUT2D eigenvalue weighted by Crippen LogP contribution is -2.34. The van der Waals surface area contributed by atoms with Gasteiger partial charge in [-0.3, -0.25) is 9.59 Å². The number of Topliss-reactive ketones (excluding diaryl/α,β-unsaturated/α-hetero) is 1. The van der Waals surface area contributed by atoms with Crippen molar-refractivity contribution in [2.75, 3.05) is 0 Å². The summed E-state index contributed by atoms with van der Waals surface area (Å²) in [6, 6.07) is 7.30. The summed E-state index contributed by atoms with van der Waals surface area (Å²) in [5, 5.41) is 1.07. The monoisotopic (exact) mass is 353 g/mol. The van der Waals surface area contributed by atoms with Gasteiger partial charge in [-0.15, -0.1) is 0 Å². The Bertz CT molecular complexity index is 884. The van der Waals surface area contributed by atoms with Crippen LogP contribution in [0.25, 0.3) is 10.9 Å². The van der Waals surface area contributed by atoms with Crippen molar-refractivity contribution in [2.45, 2.75) is 31.7 Å². The number of carbonyl (C=O) groups excluding carboxylic acids is 2. The lowest BCUT2D eigenvalue weighted by Gasteiger charge is -2.14. The Balaban J connectivity index is 1.57. The summed E-state index contributed by atoms with van der Waals surface area (Å²) in [5.41, 5.74) is 14.4. The summed E-state index contributed by atoms with van der Waals surface area (Å²) >= 11 is 0. The zero-order valence-electron chi connectivity index (χ0n) is 14.4. The van der Waals surface area contributed by atoms with Gasteiger partial charge in [-0.1, -0.05) is 18.2 Å². The van der Waals surface area contributed by atoms with Gasteiger partial charge in [-0.2, -0.15) is 0 Å². The Hall–Kier alpha value is -2.93. The lowest BCUT2D eigenvalue weighted by molar-refractivity contribution is -0.123. The molecule has 1 amide bonds. The predicted molar refractivity (Wildman–Crippen MR) is 99.2 cm³/mol. The lowest BCUT2D eigenvalue weighted by atomic mass is 9.93. The molecule has 3 aromatic rings. The molecule has 0 aliphatic heterocycles. The Kier molecular flexibility index (Phi) is 5.48. The number of aromatic nitrogens is 3. The van der Waals surface area contributed by atoms with Crippen LogP contribution in [0.15, 0.2) is 43.0 Å². The zero-order valence-corrected chi connectivity index (χ0v) is 14.4. The van der Waals surface area contributed by atoms with Gasteiger partial charge >= 0.3 is 0 Å². The maximum Gasteiger partial charge on any atom is 0.220 e. The molecule has 3 rings (SSSR count). The zero-order chi connectivity index (χ0) is 18.5. The van der Waals surface area contributed by atoms with E-state index in [1.165, 1.54) is 0 Å². The van der Waals surface area contributed by atoms with E-state index in [4.69, 9.17) is 11.5 Å². The number of imidazole rings is 1. The average molecular weight is 353 g/mol. The van der Waals surface area contributed by atoms with Gasteiger partial charge in [-0.25, -0.2) is 4.98 Å². The van der Waals surface area contributed by atoms with Gasteiger partial charge in [0.2, 0.25) is 5.91 Å². The molecule has 26 heavy (non-hydrogen) atoms. The van der Waals surface area contributed by atoms with Crippen LogP contribution in [0.2, 0.25) is 0 Å². The van der Waals surface area contributed by atoms with Crippen LogP contribution in [0, 0.1) is 5.92 Å². The van der Waals surface area contributed by atoms with Gasteiger partial charge in [0.25, 0.3) is 0 Å². The molecular weight excluding hydrogens is 330 g/mol. The van der Waals surface area contributed by atoms with E-state index in [0.717, 1.165) is 22.2 Å². The number of primary amides is 1. The molecular formula is C19H23N5O2. The van der Waals surface area contributed by atoms with Gasteiger partial charge in [0.05, 0.1) is 12.4 Å². The number of hydrogen-bond acceptors (Lipinski definition) is 4. The highest BCUT2D eigenvalue weighted by Gasteiger charge is 2.21. The Morgan fingerprint density at radius 3 is 2.69 bits per heavy atom. The molecule has 0 spiro atoms. The van der Waals surface area contributed by atoms with Crippen LogP contribution in [0.3, 0.4) is 0 Å². The van der Waals surface area contributed by atoms with Gasteiger partial charge in [0.1, 0.15) is 5.78 Å². The van der Waals surface area contributed by atoms with Crippen LogP contribution in [-0.2, 0) is 22.4 Å². The number of para-hydroxylation sites is 1. The van der Waals surface area contributed by atoms with Crippen LogP contribution in [0.5, 0.6) is 0 Å². The second-order valence-corrected chi connectivity index (χ2v) is 6.56. The first-order valence-corrected chi connectivity index (χ1v) is 8.64. The number of benzene rings is 1. The number of fused-ring (bicyclic) bond motifs is 1. The van der Waals surface area contributed by atoms with Crippen molar-refractivity contribution in [3.8, 4) is 0 Å².